The zero-order chi connectivity index (χ0) is 14.3. The fraction of sp³-hybridized carbons (Fsp3) is 0.500. The zero-order valence-electron chi connectivity index (χ0n) is 11.6. The second-order valence-corrected chi connectivity index (χ2v) is 6.52. The first-order valence-electron chi connectivity index (χ1n) is 6.91. The van der Waals surface area contributed by atoms with Crippen molar-refractivity contribution in [2.75, 3.05) is 5.73 Å². The van der Waals surface area contributed by atoms with Crippen molar-refractivity contribution in [3.63, 3.8) is 0 Å². The highest BCUT2D eigenvalue weighted by atomic mass is 79.9. The third-order valence-electron chi connectivity index (χ3n) is 4.46. The molecule has 1 aliphatic carbocycles. The predicted octanol–water partition coefficient (Wildman–Crippen LogP) is 3.29. The first kappa shape index (κ1) is 13.5. The van der Waals surface area contributed by atoms with Crippen molar-refractivity contribution >= 4 is 21.6 Å². The van der Waals surface area contributed by atoms with Crippen LogP contribution >= 0.6 is 15.9 Å². The average Bonchev–Trinajstić information content (AvgIpc) is 3.01. The number of tetrazole rings is 1. The highest BCUT2D eigenvalue weighted by Gasteiger charge is 2.33. The molecule has 2 aromatic rings. The number of nitrogens with two attached hydrogens (primary N) is 1. The first-order chi connectivity index (χ1) is 9.58. The van der Waals surface area contributed by atoms with Crippen LogP contribution in [0.4, 0.5) is 5.69 Å². The number of nitrogen functional groups attached to an aromatic ring is 1. The number of hydrogen-bond donors (Lipinski definition) is 1. The number of anilines is 1. The molecular weight excluding hydrogens is 318 g/mol. The van der Waals surface area contributed by atoms with E-state index in [9.17, 15) is 0 Å². The first-order valence-corrected chi connectivity index (χ1v) is 7.70. The largest absolute Gasteiger partial charge is 0.399 e. The van der Waals surface area contributed by atoms with Crippen LogP contribution in [0, 0.1) is 11.8 Å². The van der Waals surface area contributed by atoms with E-state index in [0.29, 0.717) is 23.6 Å². The Morgan fingerprint density at radius 2 is 2.10 bits per heavy atom. The molecule has 1 aromatic heterocycles. The summed E-state index contributed by atoms with van der Waals surface area (Å²) in [6.07, 6.45) is 2.35. The van der Waals surface area contributed by atoms with Gasteiger partial charge in [-0.15, -0.1) is 5.10 Å². The molecule has 0 spiro atoms. The van der Waals surface area contributed by atoms with Crippen LogP contribution in [-0.4, -0.2) is 20.2 Å². The molecule has 1 aliphatic rings. The van der Waals surface area contributed by atoms with E-state index < -0.39 is 0 Å². The maximum absolute atomic E-state index is 5.89. The lowest BCUT2D eigenvalue weighted by atomic mass is 9.98. The number of hydrogen-bond acceptors (Lipinski definition) is 4. The van der Waals surface area contributed by atoms with Crippen LogP contribution in [0.1, 0.15) is 32.7 Å². The van der Waals surface area contributed by atoms with Crippen LogP contribution in [0.3, 0.4) is 0 Å². The molecule has 2 N–H and O–H groups in total. The summed E-state index contributed by atoms with van der Waals surface area (Å²) in [6.45, 7) is 4.58. The van der Waals surface area contributed by atoms with Crippen LogP contribution in [0.2, 0.25) is 0 Å². The molecule has 0 radical (unpaired) electrons. The molecule has 0 amide bonds. The van der Waals surface area contributed by atoms with E-state index >= 15 is 0 Å². The highest BCUT2D eigenvalue weighted by molar-refractivity contribution is 9.10. The molecule has 106 valence electrons. The van der Waals surface area contributed by atoms with Crippen LogP contribution in [0.25, 0.3) is 11.4 Å². The molecular formula is C14H18BrN5. The summed E-state index contributed by atoms with van der Waals surface area (Å²) in [4.78, 5) is 0. The van der Waals surface area contributed by atoms with Gasteiger partial charge in [-0.05, 0) is 53.3 Å². The Morgan fingerprint density at radius 3 is 2.80 bits per heavy atom. The molecule has 1 saturated carbocycles. The van der Waals surface area contributed by atoms with E-state index in [-0.39, 0.29) is 0 Å². The second kappa shape index (κ2) is 5.16. The van der Waals surface area contributed by atoms with Gasteiger partial charge in [0.05, 0.1) is 6.04 Å². The molecule has 3 atom stereocenters. The summed E-state index contributed by atoms with van der Waals surface area (Å²) >= 11 is 3.56. The third-order valence-corrected chi connectivity index (χ3v) is 5.15. The fourth-order valence-electron chi connectivity index (χ4n) is 2.99. The van der Waals surface area contributed by atoms with Gasteiger partial charge in [0.25, 0.3) is 0 Å². The molecule has 5 nitrogen and oxygen atoms in total. The Bertz CT molecular complexity index is 624. The predicted molar refractivity (Wildman–Crippen MR) is 82.0 cm³/mol. The van der Waals surface area contributed by atoms with E-state index in [1.165, 1.54) is 6.42 Å². The van der Waals surface area contributed by atoms with Crippen molar-refractivity contribution in [2.45, 2.75) is 32.7 Å². The van der Waals surface area contributed by atoms with Crippen molar-refractivity contribution in [1.29, 1.82) is 0 Å². The lowest BCUT2D eigenvalue weighted by Gasteiger charge is -2.19. The van der Waals surface area contributed by atoms with Crippen molar-refractivity contribution in [3.8, 4) is 11.4 Å². The van der Waals surface area contributed by atoms with E-state index in [1.807, 2.05) is 22.9 Å². The Morgan fingerprint density at radius 1 is 1.30 bits per heavy atom. The van der Waals surface area contributed by atoms with Gasteiger partial charge in [-0.2, -0.15) is 0 Å². The molecule has 20 heavy (non-hydrogen) atoms. The molecule has 1 fully saturated rings. The number of aromatic nitrogens is 4. The Hall–Kier alpha value is -1.43. The Balaban J connectivity index is 2.04. The zero-order valence-corrected chi connectivity index (χ0v) is 13.2. The minimum absolute atomic E-state index is 0.364. The summed E-state index contributed by atoms with van der Waals surface area (Å²) in [6, 6.07) is 6.07. The molecule has 6 heteroatoms. The van der Waals surface area contributed by atoms with Gasteiger partial charge < -0.3 is 5.73 Å². The molecule has 1 aromatic carbocycles. The second-order valence-electron chi connectivity index (χ2n) is 5.67. The number of rotatable bonds is 2. The van der Waals surface area contributed by atoms with Gasteiger partial charge in [0.1, 0.15) is 0 Å². The van der Waals surface area contributed by atoms with Crippen molar-refractivity contribution in [1.82, 2.24) is 20.2 Å². The van der Waals surface area contributed by atoms with Gasteiger partial charge >= 0.3 is 0 Å². The highest BCUT2D eigenvalue weighted by Crippen LogP contribution is 2.41. The summed E-state index contributed by atoms with van der Waals surface area (Å²) in [7, 11) is 0. The topological polar surface area (TPSA) is 69.6 Å². The minimum atomic E-state index is 0.364. The normalized spacial score (nSPS) is 26.1. The third kappa shape index (κ3) is 2.22. The SMILES string of the molecule is CC1CCC(n2nnnc2-c2cc(N)ccc2Br)C1C. The van der Waals surface area contributed by atoms with Crippen LogP contribution < -0.4 is 5.73 Å². The summed E-state index contributed by atoms with van der Waals surface area (Å²) in [5, 5.41) is 12.3. The van der Waals surface area contributed by atoms with Crippen LogP contribution in [0.15, 0.2) is 22.7 Å². The summed E-state index contributed by atoms with van der Waals surface area (Å²) < 4.78 is 2.93. The molecule has 3 unspecified atom stereocenters. The molecule has 0 saturated heterocycles. The average molecular weight is 336 g/mol. The Kier molecular flexibility index (Phi) is 3.50. The summed E-state index contributed by atoms with van der Waals surface area (Å²) in [5.41, 5.74) is 7.55. The van der Waals surface area contributed by atoms with Gasteiger partial charge in [-0.3, -0.25) is 0 Å². The molecule has 3 rings (SSSR count). The monoisotopic (exact) mass is 335 g/mol. The number of nitrogens with zero attached hydrogens (tertiary/aromatic N) is 4. The molecule has 0 bridgehead atoms. The molecule has 0 aliphatic heterocycles. The number of benzene rings is 1. The smallest absolute Gasteiger partial charge is 0.183 e. The lowest BCUT2D eigenvalue weighted by Crippen LogP contribution is -2.17. The quantitative estimate of drug-likeness (QED) is 0.855. The van der Waals surface area contributed by atoms with E-state index in [1.54, 1.807) is 0 Å². The van der Waals surface area contributed by atoms with Gasteiger partial charge in [0.15, 0.2) is 5.82 Å². The van der Waals surface area contributed by atoms with Crippen molar-refractivity contribution in [2.24, 2.45) is 11.8 Å². The van der Waals surface area contributed by atoms with Crippen molar-refractivity contribution in [3.05, 3.63) is 22.7 Å². The van der Waals surface area contributed by atoms with Crippen LogP contribution in [-0.2, 0) is 0 Å². The van der Waals surface area contributed by atoms with Gasteiger partial charge in [0.2, 0.25) is 0 Å². The van der Waals surface area contributed by atoms with Gasteiger partial charge in [-0.1, -0.05) is 29.8 Å². The standard InChI is InChI=1S/C14H18BrN5/c1-8-3-6-13(9(8)2)20-14(17-18-19-20)11-7-10(16)4-5-12(11)15/h4-5,7-9,13H,3,6,16H2,1-2H3. The summed E-state index contributed by atoms with van der Waals surface area (Å²) in [5.74, 6) is 2.08. The maximum Gasteiger partial charge on any atom is 0.183 e. The van der Waals surface area contributed by atoms with Gasteiger partial charge in [0, 0.05) is 15.7 Å². The Labute approximate surface area is 126 Å². The maximum atomic E-state index is 5.89. The lowest BCUT2D eigenvalue weighted by molar-refractivity contribution is 0.328. The fourth-order valence-corrected chi connectivity index (χ4v) is 3.42. The van der Waals surface area contributed by atoms with E-state index in [0.717, 1.165) is 22.3 Å². The minimum Gasteiger partial charge on any atom is -0.399 e. The van der Waals surface area contributed by atoms with Crippen LogP contribution in [0.5, 0.6) is 0 Å². The molecule has 1 heterocycles. The van der Waals surface area contributed by atoms with E-state index in [2.05, 4.69) is 45.3 Å². The van der Waals surface area contributed by atoms with Crippen molar-refractivity contribution < 1.29 is 0 Å². The number of halogens is 1. The van der Waals surface area contributed by atoms with E-state index in [4.69, 9.17) is 5.73 Å². The van der Waals surface area contributed by atoms with Gasteiger partial charge in [-0.25, -0.2) is 4.68 Å².